The number of anilines is 1. The molecule has 2 N–H and O–H groups in total. The second kappa shape index (κ2) is 11.4. The van der Waals surface area contributed by atoms with Gasteiger partial charge in [0, 0.05) is 37.8 Å². The number of methoxy groups -OCH3 is 4. The molecule has 0 radical (unpaired) electrons. The molecular weight excluding hydrogens is 408 g/mol. The van der Waals surface area contributed by atoms with Gasteiger partial charge in [-0.25, -0.2) is 4.99 Å². The van der Waals surface area contributed by atoms with Crippen molar-refractivity contribution in [2.45, 2.75) is 25.9 Å². The molecule has 1 aliphatic heterocycles. The third-order valence-electron chi connectivity index (χ3n) is 5.51. The third-order valence-corrected chi connectivity index (χ3v) is 5.51. The predicted octanol–water partition coefficient (Wildman–Crippen LogP) is 3.06. The molecule has 0 amide bonds. The molecule has 1 saturated heterocycles. The van der Waals surface area contributed by atoms with Crippen LogP contribution in [-0.2, 0) is 6.54 Å². The number of hydrogen-bond donors (Lipinski definition) is 2. The van der Waals surface area contributed by atoms with Crippen molar-refractivity contribution < 1.29 is 18.9 Å². The fourth-order valence-electron chi connectivity index (χ4n) is 3.89. The van der Waals surface area contributed by atoms with Gasteiger partial charge in [0.05, 0.1) is 46.2 Å². The van der Waals surface area contributed by atoms with Gasteiger partial charge in [0.2, 0.25) is 0 Å². The standard InChI is InChI=1S/C24H34N4O4/c1-6-25-24(26-15-19-22(31-4)13-18(29-2)14-23(19)32-5)27-17-11-12-28(16-17)20-9-7-8-10-21(20)30-3/h7-10,13-14,17H,6,11-12,15-16H2,1-5H3,(H2,25,26,27). The van der Waals surface area contributed by atoms with E-state index in [1.807, 2.05) is 30.3 Å². The molecule has 1 heterocycles. The van der Waals surface area contributed by atoms with E-state index in [1.165, 1.54) is 0 Å². The summed E-state index contributed by atoms with van der Waals surface area (Å²) in [6.45, 7) is 5.07. The zero-order valence-corrected chi connectivity index (χ0v) is 19.6. The maximum atomic E-state index is 5.55. The minimum Gasteiger partial charge on any atom is -0.496 e. The van der Waals surface area contributed by atoms with Gasteiger partial charge in [0.15, 0.2) is 5.96 Å². The SMILES string of the molecule is CCNC(=NCc1c(OC)cc(OC)cc1OC)NC1CCN(c2ccccc2OC)C1. The summed E-state index contributed by atoms with van der Waals surface area (Å²) in [6.07, 6.45) is 1.01. The van der Waals surface area contributed by atoms with Gasteiger partial charge in [0.25, 0.3) is 0 Å². The molecule has 8 heteroatoms. The molecule has 174 valence electrons. The van der Waals surface area contributed by atoms with Gasteiger partial charge in [-0.3, -0.25) is 0 Å². The maximum absolute atomic E-state index is 5.55. The van der Waals surface area contributed by atoms with Crippen LogP contribution in [0.4, 0.5) is 5.69 Å². The van der Waals surface area contributed by atoms with E-state index in [-0.39, 0.29) is 6.04 Å². The van der Waals surface area contributed by atoms with E-state index in [9.17, 15) is 0 Å². The van der Waals surface area contributed by atoms with Crippen molar-refractivity contribution in [3.63, 3.8) is 0 Å². The molecule has 0 saturated carbocycles. The number of para-hydroxylation sites is 2. The number of rotatable bonds is 9. The molecule has 8 nitrogen and oxygen atoms in total. The zero-order valence-electron chi connectivity index (χ0n) is 19.6. The van der Waals surface area contributed by atoms with Gasteiger partial charge in [0.1, 0.15) is 23.0 Å². The van der Waals surface area contributed by atoms with E-state index < -0.39 is 0 Å². The molecule has 0 aliphatic carbocycles. The lowest BCUT2D eigenvalue weighted by molar-refractivity contribution is 0.369. The van der Waals surface area contributed by atoms with Crippen LogP contribution >= 0.6 is 0 Å². The number of nitrogens with zero attached hydrogens (tertiary/aromatic N) is 2. The van der Waals surface area contributed by atoms with E-state index in [1.54, 1.807) is 28.4 Å². The Bertz CT molecular complexity index is 894. The van der Waals surface area contributed by atoms with Crippen LogP contribution in [0.25, 0.3) is 0 Å². The lowest BCUT2D eigenvalue weighted by atomic mass is 10.1. The van der Waals surface area contributed by atoms with Crippen LogP contribution in [0.5, 0.6) is 23.0 Å². The lowest BCUT2D eigenvalue weighted by Crippen LogP contribution is -2.44. The summed E-state index contributed by atoms with van der Waals surface area (Å²) in [5.74, 6) is 3.71. The molecule has 32 heavy (non-hydrogen) atoms. The molecule has 3 rings (SSSR count). The molecule has 0 aromatic heterocycles. The second-order valence-corrected chi connectivity index (χ2v) is 7.45. The summed E-state index contributed by atoms with van der Waals surface area (Å²) in [5, 5.41) is 6.92. The first-order valence-corrected chi connectivity index (χ1v) is 10.8. The Hall–Kier alpha value is -3.29. The van der Waals surface area contributed by atoms with Crippen LogP contribution < -0.4 is 34.5 Å². The smallest absolute Gasteiger partial charge is 0.191 e. The van der Waals surface area contributed by atoms with Crippen LogP contribution in [0.3, 0.4) is 0 Å². The Kier molecular flexibility index (Phi) is 8.30. The minimum absolute atomic E-state index is 0.275. The van der Waals surface area contributed by atoms with Gasteiger partial charge < -0.3 is 34.5 Å². The molecular formula is C24H34N4O4. The first-order chi connectivity index (χ1) is 15.6. The first kappa shape index (κ1) is 23.4. The maximum Gasteiger partial charge on any atom is 0.191 e. The van der Waals surface area contributed by atoms with Crippen LogP contribution in [0.1, 0.15) is 18.9 Å². The number of nitrogens with one attached hydrogen (secondary N) is 2. The van der Waals surface area contributed by atoms with Crippen molar-refractivity contribution in [1.29, 1.82) is 0 Å². The topological polar surface area (TPSA) is 76.6 Å². The molecule has 0 spiro atoms. The normalized spacial score (nSPS) is 16.0. The average Bonchev–Trinajstić information content (AvgIpc) is 3.30. The van der Waals surface area contributed by atoms with Gasteiger partial charge in [-0.05, 0) is 25.5 Å². The second-order valence-electron chi connectivity index (χ2n) is 7.45. The van der Waals surface area contributed by atoms with Crippen molar-refractivity contribution in [2.75, 3.05) is 53.0 Å². The Labute approximate surface area is 190 Å². The van der Waals surface area contributed by atoms with E-state index in [0.717, 1.165) is 49.0 Å². The summed E-state index contributed by atoms with van der Waals surface area (Å²) in [5.41, 5.74) is 1.99. The molecule has 2 aromatic carbocycles. The number of ether oxygens (including phenoxy) is 4. The van der Waals surface area contributed by atoms with Crippen molar-refractivity contribution in [1.82, 2.24) is 10.6 Å². The van der Waals surface area contributed by atoms with Crippen molar-refractivity contribution in [3.8, 4) is 23.0 Å². The third kappa shape index (κ3) is 5.49. The van der Waals surface area contributed by atoms with Crippen LogP contribution in [0, 0.1) is 0 Å². The van der Waals surface area contributed by atoms with Crippen LogP contribution in [0.15, 0.2) is 41.4 Å². The van der Waals surface area contributed by atoms with E-state index in [4.69, 9.17) is 23.9 Å². The Balaban J connectivity index is 1.73. The fraction of sp³-hybridized carbons (Fsp3) is 0.458. The number of guanidine groups is 1. The number of benzene rings is 2. The molecule has 0 bridgehead atoms. The average molecular weight is 443 g/mol. The van der Waals surface area contributed by atoms with E-state index >= 15 is 0 Å². The zero-order chi connectivity index (χ0) is 22.9. The quantitative estimate of drug-likeness (QED) is 0.457. The van der Waals surface area contributed by atoms with Gasteiger partial charge in [-0.2, -0.15) is 0 Å². The molecule has 1 atom stereocenters. The molecule has 1 fully saturated rings. The first-order valence-electron chi connectivity index (χ1n) is 10.8. The largest absolute Gasteiger partial charge is 0.496 e. The molecule has 2 aromatic rings. The summed E-state index contributed by atoms with van der Waals surface area (Å²) in [7, 11) is 6.60. The summed E-state index contributed by atoms with van der Waals surface area (Å²) < 4.78 is 22.0. The molecule has 1 aliphatic rings. The molecule has 1 unspecified atom stereocenters. The van der Waals surface area contributed by atoms with E-state index in [0.29, 0.717) is 23.8 Å². The van der Waals surface area contributed by atoms with Crippen LogP contribution in [0.2, 0.25) is 0 Å². The highest BCUT2D eigenvalue weighted by atomic mass is 16.5. The summed E-state index contributed by atoms with van der Waals surface area (Å²) in [6, 6.07) is 12.1. The van der Waals surface area contributed by atoms with Crippen molar-refractivity contribution in [2.24, 2.45) is 4.99 Å². The van der Waals surface area contributed by atoms with Gasteiger partial charge in [-0.15, -0.1) is 0 Å². The summed E-state index contributed by atoms with van der Waals surface area (Å²) in [4.78, 5) is 7.14. The Morgan fingerprint density at radius 1 is 1.00 bits per heavy atom. The number of aliphatic imine (C=N–C) groups is 1. The minimum atomic E-state index is 0.275. The Morgan fingerprint density at radius 2 is 1.69 bits per heavy atom. The van der Waals surface area contributed by atoms with Crippen LogP contribution in [-0.4, -0.2) is 60.1 Å². The van der Waals surface area contributed by atoms with Crippen molar-refractivity contribution >= 4 is 11.6 Å². The summed E-state index contributed by atoms with van der Waals surface area (Å²) >= 11 is 0. The van der Waals surface area contributed by atoms with E-state index in [2.05, 4.69) is 28.5 Å². The van der Waals surface area contributed by atoms with Crippen molar-refractivity contribution in [3.05, 3.63) is 42.0 Å². The van der Waals surface area contributed by atoms with Gasteiger partial charge in [-0.1, -0.05) is 12.1 Å². The fourth-order valence-corrected chi connectivity index (χ4v) is 3.89. The highest BCUT2D eigenvalue weighted by molar-refractivity contribution is 5.80. The highest BCUT2D eigenvalue weighted by Crippen LogP contribution is 2.34. The predicted molar refractivity (Wildman–Crippen MR) is 128 cm³/mol. The van der Waals surface area contributed by atoms with Gasteiger partial charge >= 0.3 is 0 Å². The lowest BCUT2D eigenvalue weighted by Gasteiger charge is -2.22. The monoisotopic (exact) mass is 442 g/mol. The number of hydrogen-bond acceptors (Lipinski definition) is 6. The highest BCUT2D eigenvalue weighted by Gasteiger charge is 2.25. The Morgan fingerprint density at radius 3 is 2.31 bits per heavy atom.